The van der Waals surface area contributed by atoms with Crippen molar-refractivity contribution in [2.24, 2.45) is 5.73 Å². The van der Waals surface area contributed by atoms with Crippen molar-refractivity contribution in [1.29, 1.82) is 0 Å². The van der Waals surface area contributed by atoms with Crippen LogP contribution in [0.15, 0.2) is 73.1 Å². The number of nitrogens with one attached hydrogen (secondary N) is 1. The third kappa shape index (κ3) is 5.69. The molecule has 0 spiro atoms. The zero-order chi connectivity index (χ0) is 27.7. The standard InChI is InChI=1S/C28H26F4N6O/c1-37(20-8-9-20)26(19-5-3-11-34-16-19)18-7-10-22(29)23(13-18)35-27(39)24-14-25(28(30,31)32)36-38(24)21-6-2-4-17(12-21)15-33/h2-7,10-14,16,20,26H,8-9,15,33H2,1H3,(H,35,39). The van der Waals surface area contributed by atoms with Crippen LogP contribution in [0.4, 0.5) is 23.2 Å². The molecule has 0 saturated heterocycles. The lowest BCUT2D eigenvalue weighted by Crippen LogP contribution is -2.28. The van der Waals surface area contributed by atoms with E-state index in [1.54, 1.807) is 30.6 Å². The Labute approximate surface area is 222 Å². The van der Waals surface area contributed by atoms with Crippen LogP contribution < -0.4 is 11.1 Å². The maximum absolute atomic E-state index is 14.9. The third-order valence-electron chi connectivity index (χ3n) is 6.71. The van der Waals surface area contributed by atoms with Crippen molar-refractivity contribution in [3.63, 3.8) is 0 Å². The van der Waals surface area contributed by atoms with Gasteiger partial charge in [-0.2, -0.15) is 18.3 Å². The molecule has 2 heterocycles. The van der Waals surface area contributed by atoms with E-state index in [2.05, 4.69) is 20.3 Å². The number of halogens is 4. The van der Waals surface area contributed by atoms with Gasteiger partial charge < -0.3 is 11.1 Å². The van der Waals surface area contributed by atoms with E-state index in [0.717, 1.165) is 23.1 Å². The summed E-state index contributed by atoms with van der Waals surface area (Å²) in [5.74, 6) is -1.67. The zero-order valence-electron chi connectivity index (χ0n) is 21.0. The fourth-order valence-electron chi connectivity index (χ4n) is 4.58. The van der Waals surface area contributed by atoms with E-state index in [9.17, 15) is 22.4 Å². The molecule has 0 bridgehead atoms. The Morgan fingerprint density at radius 2 is 1.92 bits per heavy atom. The fraction of sp³-hybridized carbons (Fsp3) is 0.250. The van der Waals surface area contributed by atoms with Crippen LogP contribution in [0, 0.1) is 5.82 Å². The maximum Gasteiger partial charge on any atom is 0.435 e. The lowest BCUT2D eigenvalue weighted by molar-refractivity contribution is -0.141. The van der Waals surface area contributed by atoms with Crippen LogP contribution in [-0.4, -0.2) is 38.7 Å². The molecule has 11 heteroatoms. The smallest absolute Gasteiger partial charge is 0.326 e. The van der Waals surface area contributed by atoms with Crippen molar-refractivity contribution >= 4 is 11.6 Å². The quantitative estimate of drug-likeness (QED) is 0.297. The minimum atomic E-state index is -4.79. The Balaban J connectivity index is 1.51. The molecule has 1 amide bonds. The number of amides is 1. The molecule has 3 N–H and O–H groups in total. The molecule has 5 rings (SSSR count). The van der Waals surface area contributed by atoms with Crippen LogP contribution in [0.5, 0.6) is 0 Å². The second-order valence-corrected chi connectivity index (χ2v) is 9.48. The number of pyridine rings is 1. The van der Waals surface area contributed by atoms with E-state index in [0.29, 0.717) is 23.2 Å². The van der Waals surface area contributed by atoms with E-state index in [1.807, 2.05) is 19.2 Å². The van der Waals surface area contributed by atoms with Crippen LogP contribution in [0.2, 0.25) is 0 Å². The number of nitrogens with zero attached hydrogens (tertiary/aromatic N) is 4. The first-order valence-electron chi connectivity index (χ1n) is 12.3. The maximum atomic E-state index is 14.9. The molecule has 0 aliphatic heterocycles. The first-order valence-corrected chi connectivity index (χ1v) is 12.3. The molecule has 39 heavy (non-hydrogen) atoms. The van der Waals surface area contributed by atoms with Crippen molar-refractivity contribution in [1.82, 2.24) is 19.7 Å². The monoisotopic (exact) mass is 538 g/mol. The number of aromatic nitrogens is 3. The Morgan fingerprint density at radius 3 is 2.59 bits per heavy atom. The summed E-state index contributed by atoms with van der Waals surface area (Å²) in [6.45, 7) is 0.147. The summed E-state index contributed by atoms with van der Waals surface area (Å²) in [7, 11) is 1.98. The van der Waals surface area contributed by atoms with Crippen LogP contribution in [0.1, 0.15) is 51.8 Å². The molecule has 7 nitrogen and oxygen atoms in total. The molecule has 2 aromatic carbocycles. The number of nitrogens with two attached hydrogens (primary N) is 1. The van der Waals surface area contributed by atoms with Gasteiger partial charge in [0.15, 0.2) is 5.69 Å². The van der Waals surface area contributed by atoms with E-state index in [1.165, 1.54) is 24.3 Å². The SMILES string of the molecule is CN(C1CC1)C(c1cccnc1)c1ccc(F)c(NC(=O)c2cc(C(F)(F)F)nn2-c2cccc(CN)c2)c1. The van der Waals surface area contributed by atoms with Gasteiger partial charge in [-0.15, -0.1) is 0 Å². The van der Waals surface area contributed by atoms with Gasteiger partial charge in [0.2, 0.25) is 0 Å². The molecule has 1 aliphatic rings. The fourth-order valence-corrected chi connectivity index (χ4v) is 4.58. The van der Waals surface area contributed by atoms with Crippen LogP contribution in [0.25, 0.3) is 5.69 Å². The molecule has 1 atom stereocenters. The van der Waals surface area contributed by atoms with E-state index >= 15 is 0 Å². The first-order chi connectivity index (χ1) is 18.7. The largest absolute Gasteiger partial charge is 0.435 e. The van der Waals surface area contributed by atoms with E-state index in [4.69, 9.17) is 5.73 Å². The Hall–Kier alpha value is -4.09. The lowest BCUT2D eigenvalue weighted by Gasteiger charge is -2.29. The second-order valence-electron chi connectivity index (χ2n) is 9.48. The third-order valence-corrected chi connectivity index (χ3v) is 6.71. The molecular weight excluding hydrogens is 512 g/mol. The van der Waals surface area contributed by atoms with Crippen molar-refractivity contribution < 1.29 is 22.4 Å². The average Bonchev–Trinajstić information content (AvgIpc) is 3.67. The minimum absolute atomic E-state index is 0.147. The van der Waals surface area contributed by atoms with Gasteiger partial charge in [0, 0.05) is 31.0 Å². The highest BCUT2D eigenvalue weighted by atomic mass is 19.4. The molecular formula is C28H26F4N6O. The molecule has 4 aromatic rings. The van der Waals surface area contributed by atoms with Crippen molar-refractivity contribution in [2.45, 2.75) is 37.6 Å². The summed E-state index contributed by atoms with van der Waals surface area (Å²) in [5, 5.41) is 6.09. The van der Waals surface area contributed by atoms with Crippen LogP contribution in [0.3, 0.4) is 0 Å². The highest BCUT2D eigenvalue weighted by Gasteiger charge is 2.37. The number of hydrogen-bond donors (Lipinski definition) is 2. The number of benzene rings is 2. The topological polar surface area (TPSA) is 89.1 Å². The Bertz CT molecular complexity index is 1480. The number of hydrogen-bond acceptors (Lipinski definition) is 5. The Kier molecular flexibility index (Phi) is 7.19. The van der Waals surface area contributed by atoms with Crippen LogP contribution >= 0.6 is 0 Å². The van der Waals surface area contributed by atoms with Crippen molar-refractivity contribution in [3.8, 4) is 5.69 Å². The molecule has 202 valence electrons. The summed E-state index contributed by atoms with van der Waals surface area (Å²) < 4.78 is 56.5. The van der Waals surface area contributed by atoms with Gasteiger partial charge in [0.25, 0.3) is 5.91 Å². The zero-order valence-corrected chi connectivity index (χ0v) is 21.0. The molecule has 2 aromatic heterocycles. The number of alkyl halides is 3. The summed E-state index contributed by atoms with van der Waals surface area (Å²) in [6.07, 6.45) is 0.679. The van der Waals surface area contributed by atoms with Gasteiger partial charge in [0.05, 0.1) is 17.4 Å². The number of carbonyl (C=O) groups excluding carboxylic acids is 1. The second kappa shape index (κ2) is 10.6. The van der Waals surface area contributed by atoms with Gasteiger partial charge in [0.1, 0.15) is 11.5 Å². The molecule has 1 unspecified atom stereocenters. The van der Waals surface area contributed by atoms with Gasteiger partial charge in [-0.05, 0) is 66.9 Å². The van der Waals surface area contributed by atoms with Gasteiger partial charge in [-0.3, -0.25) is 14.7 Å². The number of carbonyl (C=O) groups is 1. The average molecular weight is 539 g/mol. The highest BCUT2D eigenvalue weighted by molar-refractivity contribution is 6.03. The molecule has 0 radical (unpaired) electrons. The summed E-state index contributed by atoms with van der Waals surface area (Å²) >= 11 is 0. The van der Waals surface area contributed by atoms with Crippen molar-refractivity contribution in [2.75, 3.05) is 12.4 Å². The highest BCUT2D eigenvalue weighted by Crippen LogP contribution is 2.38. The summed E-state index contributed by atoms with van der Waals surface area (Å²) in [5.41, 5.74) is 6.32. The van der Waals surface area contributed by atoms with E-state index < -0.39 is 29.3 Å². The Morgan fingerprint density at radius 1 is 1.13 bits per heavy atom. The van der Waals surface area contributed by atoms with Gasteiger partial charge in [-0.25, -0.2) is 9.07 Å². The first kappa shape index (κ1) is 26.5. The van der Waals surface area contributed by atoms with E-state index in [-0.39, 0.29) is 24.0 Å². The predicted octanol–water partition coefficient (Wildman–Crippen LogP) is 5.32. The number of rotatable bonds is 8. The van der Waals surface area contributed by atoms with Gasteiger partial charge >= 0.3 is 6.18 Å². The molecule has 1 fully saturated rings. The van der Waals surface area contributed by atoms with Gasteiger partial charge in [-0.1, -0.05) is 24.3 Å². The predicted molar refractivity (Wildman–Crippen MR) is 138 cm³/mol. The normalized spacial score (nSPS) is 14.4. The van der Waals surface area contributed by atoms with Crippen LogP contribution in [-0.2, 0) is 12.7 Å². The summed E-state index contributed by atoms with van der Waals surface area (Å²) in [4.78, 5) is 19.7. The van der Waals surface area contributed by atoms with Crippen molar-refractivity contribution in [3.05, 3.63) is 107 Å². The minimum Gasteiger partial charge on any atom is -0.326 e. The lowest BCUT2D eigenvalue weighted by atomic mass is 9.98. The molecule has 1 saturated carbocycles. The molecule has 1 aliphatic carbocycles. The summed E-state index contributed by atoms with van der Waals surface area (Å²) in [6, 6.07) is 15.2. The number of anilines is 1.